The predicted molar refractivity (Wildman–Crippen MR) is 73.1 cm³/mol. The van der Waals surface area contributed by atoms with E-state index in [1.165, 1.54) is 0 Å². The molecule has 2 aromatic rings. The van der Waals surface area contributed by atoms with Gasteiger partial charge in [0.25, 0.3) is 0 Å². The lowest BCUT2D eigenvalue weighted by molar-refractivity contribution is 0.108. The fourth-order valence-corrected chi connectivity index (χ4v) is 1.94. The van der Waals surface area contributed by atoms with Gasteiger partial charge in [0.2, 0.25) is 0 Å². The van der Waals surface area contributed by atoms with Gasteiger partial charge in [0, 0.05) is 5.02 Å². The summed E-state index contributed by atoms with van der Waals surface area (Å²) in [6.45, 7) is 2.16. The molecule has 0 saturated heterocycles. The van der Waals surface area contributed by atoms with Crippen LogP contribution < -0.4 is 4.74 Å². The zero-order valence-corrected chi connectivity index (χ0v) is 10.9. The highest BCUT2D eigenvalue weighted by Crippen LogP contribution is 2.23. The second kappa shape index (κ2) is 5.89. The maximum Gasteiger partial charge on any atom is 0.122 e. The number of halogens is 1. The summed E-state index contributed by atoms with van der Waals surface area (Å²) >= 11 is 5.87. The van der Waals surface area contributed by atoms with Crippen LogP contribution >= 0.6 is 11.6 Å². The lowest BCUT2D eigenvalue weighted by Crippen LogP contribution is -2.10. The summed E-state index contributed by atoms with van der Waals surface area (Å²) in [5, 5.41) is 10.7. The molecule has 0 saturated carbocycles. The summed E-state index contributed by atoms with van der Waals surface area (Å²) < 4.78 is 5.60. The summed E-state index contributed by atoms with van der Waals surface area (Å²) in [5.41, 5.74) is 1.81. The first-order valence-corrected chi connectivity index (χ1v) is 6.16. The lowest BCUT2D eigenvalue weighted by atomic mass is 10.1. The second-order valence-corrected chi connectivity index (χ2v) is 4.58. The molecule has 0 amide bonds. The van der Waals surface area contributed by atoms with Crippen LogP contribution in [0.2, 0.25) is 5.02 Å². The molecule has 0 fully saturated rings. The Balaban J connectivity index is 1.99. The molecule has 0 bridgehead atoms. The largest absolute Gasteiger partial charge is 0.490 e. The maximum atomic E-state index is 9.98. The Hall–Kier alpha value is -1.51. The number of hydrogen-bond donors (Lipinski definition) is 1. The molecule has 2 rings (SSSR count). The number of aliphatic hydroxyl groups is 1. The van der Waals surface area contributed by atoms with E-state index in [2.05, 4.69) is 0 Å². The molecule has 1 N–H and O–H groups in total. The van der Waals surface area contributed by atoms with E-state index in [4.69, 9.17) is 16.3 Å². The zero-order valence-electron chi connectivity index (χ0n) is 10.1. The first-order chi connectivity index (χ1) is 8.66. The Morgan fingerprint density at radius 3 is 2.56 bits per heavy atom. The molecule has 3 heteroatoms. The van der Waals surface area contributed by atoms with Gasteiger partial charge in [0.1, 0.15) is 18.5 Å². The van der Waals surface area contributed by atoms with Gasteiger partial charge in [0.15, 0.2) is 0 Å². The predicted octanol–water partition coefficient (Wildman–Crippen LogP) is 3.76. The van der Waals surface area contributed by atoms with E-state index in [0.717, 1.165) is 16.9 Å². The molecule has 2 nitrogen and oxygen atoms in total. The van der Waals surface area contributed by atoms with Gasteiger partial charge in [-0.15, -0.1) is 0 Å². The van der Waals surface area contributed by atoms with Gasteiger partial charge in [-0.05, 0) is 36.2 Å². The van der Waals surface area contributed by atoms with Crippen LogP contribution in [0.25, 0.3) is 0 Å². The molecule has 0 aliphatic carbocycles. The molecule has 0 aliphatic rings. The highest BCUT2D eigenvalue weighted by molar-refractivity contribution is 6.30. The minimum Gasteiger partial charge on any atom is -0.490 e. The minimum atomic E-state index is -0.624. The van der Waals surface area contributed by atoms with E-state index in [9.17, 15) is 5.11 Å². The average molecular weight is 263 g/mol. The van der Waals surface area contributed by atoms with Crippen LogP contribution in [0.4, 0.5) is 0 Å². The molecule has 0 heterocycles. The fourth-order valence-electron chi connectivity index (χ4n) is 1.71. The van der Waals surface area contributed by atoms with Crippen molar-refractivity contribution < 1.29 is 9.84 Å². The number of rotatable bonds is 4. The molecule has 1 unspecified atom stereocenters. The third kappa shape index (κ3) is 3.25. The zero-order chi connectivity index (χ0) is 13.0. The summed E-state index contributed by atoms with van der Waals surface area (Å²) in [7, 11) is 0. The highest BCUT2D eigenvalue weighted by Gasteiger charge is 2.08. The van der Waals surface area contributed by atoms with Crippen LogP contribution in [0.5, 0.6) is 5.75 Å². The van der Waals surface area contributed by atoms with E-state index < -0.39 is 6.10 Å². The van der Waals surface area contributed by atoms with Crippen molar-refractivity contribution in [3.05, 3.63) is 64.7 Å². The summed E-state index contributed by atoms with van der Waals surface area (Å²) in [6.07, 6.45) is -0.624. The molecule has 2 aromatic carbocycles. The normalized spacial score (nSPS) is 12.2. The van der Waals surface area contributed by atoms with E-state index in [-0.39, 0.29) is 6.61 Å². The minimum absolute atomic E-state index is 0.229. The quantitative estimate of drug-likeness (QED) is 0.909. The van der Waals surface area contributed by atoms with Crippen molar-refractivity contribution in [2.45, 2.75) is 13.0 Å². The number of aliphatic hydroxyl groups excluding tert-OH is 1. The fraction of sp³-hybridized carbons (Fsp3) is 0.200. The van der Waals surface area contributed by atoms with Gasteiger partial charge in [-0.1, -0.05) is 41.9 Å². The Bertz CT molecular complexity index is 511. The smallest absolute Gasteiger partial charge is 0.122 e. The number of ether oxygens (including phenoxy) is 1. The van der Waals surface area contributed by atoms with E-state index >= 15 is 0 Å². The van der Waals surface area contributed by atoms with Gasteiger partial charge in [-0.25, -0.2) is 0 Å². The summed E-state index contributed by atoms with van der Waals surface area (Å²) in [6, 6.07) is 14.9. The third-order valence-corrected chi connectivity index (χ3v) is 2.95. The maximum absolute atomic E-state index is 9.98. The average Bonchev–Trinajstić information content (AvgIpc) is 2.38. The van der Waals surface area contributed by atoms with Crippen molar-refractivity contribution in [2.24, 2.45) is 0 Å². The van der Waals surface area contributed by atoms with Crippen LogP contribution in [-0.2, 0) is 0 Å². The van der Waals surface area contributed by atoms with Gasteiger partial charge in [0.05, 0.1) is 0 Å². The van der Waals surface area contributed by atoms with Crippen molar-refractivity contribution in [2.75, 3.05) is 6.61 Å². The van der Waals surface area contributed by atoms with Crippen LogP contribution in [-0.4, -0.2) is 11.7 Å². The SMILES string of the molecule is Cc1cc(Cl)ccc1OCC(O)c1ccccc1. The lowest BCUT2D eigenvalue weighted by Gasteiger charge is -2.14. The van der Waals surface area contributed by atoms with Crippen LogP contribution in [0.3, 0.4) is 0 Å². The molecule has 1 atom stereocenters. The Labute approximate surface area is 112 Å². The van der Waals surface area contributed by atoms with Gasteiger partial charge < -0.3 is 9.84 Å². The Morgan fingerprint density at radius 2 is 1.89 bits per heavy atom. The monoisotopic (exact) mass is 262 g/mol. The van der Waals surface area contributed by atoms with Crippen molar-refractivity contribution in [1.82, 2.24) is 0 Å². The van der Waals surface area contributed by atoms with Crippen LogP contribution in [0.1, 0.15) is 17.2 Å². The summed E-state index contributed by atoms with van der Waals surface area (Å²) in [5.74, 6) is 0.745. The first-order valence-electron chi connectivity index (χ1n) is 5.79. The molecule has 0 spiro atoms. The molecule has 0 aliphatic heterocycles. The van der Waals surface area contributed by atoms with Crippen LogP contribution in [0, 0.1) is 6.92 Å². The molecular weight excluding hydrogens is 248 g/mol. The molecular formula is C15H15ClO2. The Morgan fingerprint density at radius 1 is 1.17 bits per heavy atom. The molecule has 0 aromatic heterocycles. The Kier molecular flexibility index (Phi) is 4.24. The van der Waals surface area contributed by atoms with Crippen molar-refractivity contribution in [1.29, 1.82) is 0 Å². The standard InChI is InChI=1S/C15H15ClO2/c1-11-9-13(16)7-8-15(11)18-10-14(17)12-5-3-2-4-6-12/h2-9,14,17H,10H2,1H3. The summed E-state index contributed by atoms with van der Waals surface area (Å²) in [4.78, 5) is 0. The first kappa shape index (κ1) is 12.9. The highest BCUT2D eigenvalue weighted by atomic mass is 35.5. The number of aryl methyl sites for hydroxylation is 1. The number of hydrogen-bond acceptors (Lipinski definition) is 2. The third-order valence-electron chi connectivity index (χ3n) is 2.72. The second-order valence-electron chi connectivity index (χ2n) is 4.15. The molecule has 0 radical (unpaired) electrons. The van der Waals surface area contributed by atoms with E-state index in [1.54, 1.807) is 6.07 Å². The number of benzene rings is 2. The van der Waals surface area contributed by atoms with Crippen molar-refractivity contribution >= 4 is 11.6 Å². The van der Waals surface area contributed by atoms with Crippen molar-refractivity contribution in [3.8, 4) is 5.75 Å². The van der Waals surface area contributed by atoms with E-state index in [1.807, 2.05) is 49.4 Å². The van der Waals surface area contributed by atoms with Gasteiger partial charge >= 0.3 is 0 Å². The van der Waals surface area contributed by atoms with Crippen molar-refractivity contribution in [3.63, 3.8) is 0 Å². The van der Waals surface area contributed by atoms with Gasteiger partial charge in [-0.2, -0.15) is 0 Å². The van der Waals surface area contributed by atoms with Gasteiger partial charge in [-0.3, -0.25) is 0 Å². The molecule has 18 heavy (non-hydrogen) atoms. The molecule has 94 valence electrons. The topological polar surface area (TPSA) is 29.5 Å². The van der Waals surface area contributed by atoms with Crippen LogP contribution in [0.15, 0.2) is 48.5 Å². The van der Waals surface area contributed by atoms with E-state index in [0.29, 0.717) is 5.02 Å².